The van der Waals surface area contributed by atoms with Crippen molar-refractivity contribution >= 4 is 27.8 Å². The smallest absolute Gasteiger partial charge is 0.305 e. The molecular weight excluding hydrogens is 302 g/mol. The summed E-state index contributed by atoms with van der Waals surface area (Å²) in [6, 6.07) is 6.71. The van der Waals surface area contributed by atoms with Crippen LogP contribution in [0.3, 0.4) is 0 Å². The van der Waals surface area contributed by atoms with Crippen molar-refractivity contribution in [3.05, 3.63) is 28.7 Å². The summed E-state index contributed by atoms with van der Waals surface area (Å²) in [6.07, 6.45) is -0.109. The number of hydrogen-bond donors (Lipinski definition) is 2. The Bertz CT molecular complexity index is 436. The van der Waals surface area contributed by atoms with E-state index in [-0.39, 0.29) is 18.9 Å². The molecular formula is C12H14BrNO4. The van der Waals surface area contributed by atoms with Crippen LogP contribution >= 0.6 is 15.9 Å². The molecule has 0 saturated carbocycles. The van der Waals surface area contributed by atoms with E-state index in [4.69, 9.17) is 9.84 Å². The van der Waals surface area contributed by atoms with Gasteiger partial charge < -0.3 is 15.2 Å². The molecule has 6 heteroatoms. The van der Waals surface area contributed by atoms with Crippen molar-refractivity contribution in [3.63, 3.8) is 0 Å². The molecule has 0 fully saturated rings. The van der Waals surface area contributed by atoms with E-state index < -0.39 is 12.0 Å². The highest BCUT2D eigenvalue weighted by Gasteiger charge is 2.11. The zero-order valence-electron chi connectivity index (χ0n) is 9.85. The molecule has 0 saturated heterocycles. The van der Waals surface area contributed by atoms with Crippen LogP contribution in [0.1, 0.15) is 13.3 Å². The molecule has 0 aliphatic heterocycles. The van der Waals surface area contributed by atoms with Gasteiger partial charge in [-0.25, -0.2) is 0 Å². The molecule has 0 spiro atoms. The summed E-state index contributed by atoms with van der Waals surface area (Å²) in [5, 5.41) is 11.1. The van der Waals surface area contributed by atoms with E-state index in [0.717, 1.165) is 4.47 Å². The Morgan fingerprint density at radius 3 is 2.83 bits per heavy atom. The van der Waals surface area contributed by atoms with E-state index >= 15 is 0 Å². The minimum Gasteiger partial charge on any atom is -0.484 e. The van der Waals surface area contributed by atoms with Crippen LogP contribution in [0.25, 0.3) is 0 Å². The Labute approximate surface area is 113 Å². The van der Waals surface area contributed by atoms with Gasteiger partial charge in [0.2, 0.25) is 0 Å². The van der Waals surface area contributed by atoms with Crippen molar-refractivity contribution in [2.24, 2.45) is 0 Å². The predicted molar refractivity (Wildman–Crippen MR) is 69.5 cm³/mol. The minimum atomic E-state index is -0.948. The van der Waals surface area contributed by atoms with Gasteiger partial charge in [0.15, 0.2) is 6.61 Å². The highest BCUT2D eigenvalue weighted by atomic mass is 79.9. The lowest BCUT2D eigenvalue weighted by atomic mass is 10.2. The van der Waals surface area contributed by atoms with Crippen molar-refractivity contribution in [3.8, 4) is 5.75 Å². The van der Waals surface area contributed by atoms with E-state index in [0.29, 0.717) is 5.75 Å². The number of carbonyl (C=O) groups excluding carboxylic acids is 1. The number of rotatable bonds is 6. The second-order valence-corrected chi connectivity index (χ2v) is 4.73. The number of hydrogen-bond acceptors (Lipinski definition) is 3. The molecule has 1 atom stereocenters. The third-order valence-electron chi connectivity index (χ3n) is 2.05. The van der Waals surface area contributed by atoms with Crippen LogP contribution in [-0.4, -0.2) is 29.6 Å². The van der Waals surface area contributed by atoms with Gasteiger partial charge in [0.25, 0.3) is 5.91 Å². The highest BCUT2D eigenvalue weighted by molar-refractivity contribution is 9.10. The third kappa shape index (κ3) is 5.67. The lowest BCUT2D eigenvalue weighted by Gasteiger charge is -2.12. The van der Waals surface area contributed by atoms with Crippen LogP contribution in [0.15, 0.2) is 28.7 Å². The fourth-order valence-electron chi connectivity index (χ4n) is 1.34. The average Bonchev–Trinajstić information content (AvgIpc) is 2.25. The van der Waals surface area contributed by atoms with E-state index in [2.05, 4.69) is 21.2 Å². The van der Waals surface area contributed by atoms with Crippen LogP contribution in [0.2, 0.25) is 0 Å². The molecule has 0 bridgehead atoms. The molecule has 0 heterocycles. The molecule has 0 aromatic heterocycles. The maximum Gasteiger partial charge on any atom is 0.305 e. The summed E-state index contributed by atoms with van der Waals surface area (Å²) in [4.78, 5) is 21.9. The largest absolute Gasteiger partial charge is 0.484 e. The first-order chi connectivity index (χ1) is 8.47. The Kier molecular flexibility index (Phi) is 5.64. The molecule has 18 heavy (non-hydrogen) atoms. The SMILES string of the molecule is CC(CC(=O)O)NC(=O)COc1cccc(Br)c1. The second-order valence-electron chi connectivity index (χ2n) is 3.81. The first-order valence-corrected chi connectivity index (χ1v) is 6.16. The minimum absolute atomic E-state index is 0.109. The lowest BCUT2D eigenvalue weighted by Crippen LogP contribution is -2.37. The number of aliphatic carboxylic acids is 1. The Balaban J connectivity index is 2.35. The molecule has 1 aromatic carbocycles. The van der Waals surface area contributed by atoms with E-state index in [1.807, 2.05) is 6.07 Å². The highest BCUT2D eigenvalue weighted by Crippen LogP contribution is 2.17. The standard InChI is InChI=1S/C12H14BrNO4/c1-8(5-12(16)17)14-11(15)7-18-10-4-2-3-9(13)6-10/h2-4,6,8H,5,7H2,1H3,(H,14,15)(H,16,17). The van der Waals surface area contributed by atoms with Crippen molar-refractivity contribution in [2.75, 3.05) is 6.61 Å². The summed E-state index contributed by atoms with van der Waals surface area (Å²) in [5.74, 6) is -0.718. The number of benzene rings is 1. The number of amides is 1. The first-order valence-electron chi connectivity index (χ1n) is 5.37. The molecule has 98 valence electrons. The molecule has 0 radical (unpaired) electrons. The zero-order chi connectivity index (χ0) is 13.5. The van der Waals surface area contributed by atoms with Crippen molar-refractivity contribution in [1.82, 2.24) is 5.32 Å². The summed E-state index contributed by atoms with van der Waals surface area (Å²) in [7, 11) is 0. The maximum atomic E-state index is 11.5. The van der Waals surface area contributed by atoms with Crippen LogP contribution in [0.4, 0.5) is 0 Å². The van der Waals surface area contributed by atoms with Crippen molar-refractivity contribution in [1.29, 1.82) is 0 Å². The summed E-state index contributed by atoms with van der Waals surface area (Å²) in [6.45, 7) is 1.49. The fraction of sp³-hybridized carbons (Fsp3) is 0.333. The molecule has 0 aliphatic rings. The van der Waals surface area contributed by atoms with E-state index in [9.17, 15) is 9.59 Å². The third-order valence-corrected chi connectivity index (χ3v) is 2.55. The molecule has 0 aliphatic carbocycles. The number of halogens is 1. The molecule has 2 N–H and O–H groups in total. The van der Waals surface area contributed by atoms with Crippen LogP contribution in [-0.2, 0) is 9.59 Å². The van der Waals surface area contributed by atoms with E-state index in [1.54, 1.807) is 25.1 Å². The number of ether oxygens (including phenoxy) is 1. The monoisotopic (exact) mass is 315 g/mol. The quantitative estimate of drug-likeness (QED) is 0.839. The Morgan fingerprint density at radius 2 is 2.22 bits per heavy atom. The van der Waals surface area contributed by atoms with Gasteiger partial charge in [-0.15, -0.1) is 0 Å². The second kappa shape index (κ2) is 7.00. The topological polar surface area (TPSA) is 75.6 Å². The van der Waals surface area contributed by atoms with Gasteiger partial charge in [-0.2, -0.15) is 0 Å². The van der Waals surface area contributed by atoms with Gasteiger partial charge >= 0.3 is 5.97 Å². The van der Waals surface area contributed by atoms with Gasteiger partial charge in [-0.3, -0.25) is 9.59 Å². The molecule has 1 rings (SSSR count). The maximum absolute atomic E-state index is 11.5. The van der Waals surface area contributed by atoms with Crippen LogP contribution in [0.5, 0.6) is 5.75 Å². The molecule has 5 nitrogen and oxygen atoms in total. The van der Waals surface area contributed by atoms with Gasteiger partial charge in [-0.05, 0) is 25.1 Å². The molecule has 1 unspecified atom stereocenters. The number of carboxylic acids is 1. The normalized spacial score (nSPS) is 11.7. The fourth-order valence-corrected chi connectivity index (χ4v) is 1.71. The Morgan fingerprint density at radius 1 is 1.50 bits per heavy atom. The Hall–Kier alpha value is -1.56. The van der Waals surface area contributed by atoms with Crippen LogP contribution in [0, 0.1) is 0 Å². The number of nitrogens with one attached hydrogen (secondary N) is 1. The lowest BCUT2D eigenvalue weighted by molar-refractivity contribution is -0.137. The summed E-state index contributed by atoms with van der Waals surface area (Å²) >= 11 is 3.29. The summed E-state index contributed by atoms with van der Waals surface area (Å²) in [5.41, 5.74) is 0. The van der Waals surface area contributed by atoms with Crippen molar-refractivity contribution < 1.29 is 19.4 Å². The van der Waals surface area contributed by atoms with E-state index in [1.165, 1.54) is 0 Å². The summed E-state index contributed by atoms with van der Waals surface area (Å²) < 4.78 is 6.13. The number of carboxylic acid groups (broad SMARTS) is 1. The average molecular weight is 316 g/mol. The molecule has 1 amide bonds. The number of carbonyl (C=O) groups is 2. The van der Waals surface area contributed by atoms with Gasteiger partial charge in [0.1, 0.15) is 5.75 Å². The molecule has 1 aromatic rings. The zero-order valence-corrected chi connectivity index (χ0v) is 11.4. The van der Waals surface area contributed by atoms with Crippen molar-refractivity contribution in [2.45, 2.75) is 19.4 Å². The van der Waals surface area contributed by atoms with Gasteiger partial charge in [-0.1, -0.05) is 22.0 Å². The predicted octanol–water partition coefficient (Wildman–Crippen LogP) is 1.81. The van der Waals surface area contributed by atoms with Crippen LogP contribution < -0.4 is 10.1 Å². The van der Waals surface area contributed by atoms with Gasteiger partial charge in [0.05, 0.1) is 6.42 Å². The first kappa shape index (κ1) is 14.5. The van der Waals surface area contributed by atoms with Gasteiger partial charge in [0, 0.05) is 10.5 Å².